The molecule has 0 bridgehead atoms. The van der Waals surface area contributed by atoms with Gasteiger partial charge in [0, 0.05) is 12.3 Å². The highest BCUT2D eigenvalue weighted by atomic mass is 16.5. The first kappa shape index (κ1) is 13.5. The van der Waals surface area contributed by atoms with Crippen LogP contribution < -0.4 is 10.5 Å². The number of carbonyl (C=O) groups is 1. The normalized spacial score (nSPS) is 14.1. The molecule has 0 saturated heterocycles. The minimum Gasteiger partial charge on any atom is -0.497 e. The number of amides is 1. The van der Waals surface area contributed by atoms with Crippen molar-refractivity contribution in [1.29, 1.82) is 0 Å². The molecule has 3 N–H and O–H groups in total. The Morgan fingerprint density at radius 2 is 2.24 bits per heavy atom. The van der Waals surface area contributed by atoms with Gasteiger partial charge in [-0.05, 0) is 24.1 Å². The Labute approximate surface area is 101 Å². The third-order valence-electron chi connectivity index (χ3n) is 2.83. The van der Waals surface area contributed by atoms with Gasteiger partial charge in [-0.2, -0.15) is 0 Å². The molecule has 1 amide bonds. The van der Waals surface area contributed by atoms with E-state index in [9.17, 15) is 9.90 Å². The van der Waals surface area contributed by atoms with Gasteiger partial charge in [0.1, 0.15) is 5.75 Å². The summed E-state index contributed by atoms with van der Waals surface area (Å²) in [5, 5.41) is 9.94. The minimum atomic E-state index is -0.574. The molecule has 1 aromatic rings. The third-order valence-corrected chi connectivity index (χ3v) is 2.83. The van der Waals surface area contributed by atoms with E-state index in [0.717, 1.165) is 5.56 Å². The van der Waals surface area contributed by atoms with Gasteiger partial charge in [0.05, 0.1) is 13.2 Å². The Bertz CT molecular complexity index is 379. The largest absolute Gasteiger partial charge is 0.497 e. The van der Waals surface area contributed by atoms with E-state index in [1.807, 2.05) is 31.2 Å². The molecule has 0 spiro atoms. The summed E-state index contributed by atoms with van der Waals surface area (Å²) in [6, 6.07) is 7.36. The second-order valence-corrected chi connectivity index (χ2v) is 4.03. The molecule has 0 unspecified atom stereocenters. The lowest BCUT2D eigenvalue weighted by Crippen LogP contribution is -2.24. The van der Waals surface area contributed by atoms with Gasteiger partial charge in [-0.3, -0.25) is 4.79 Å². The summed E-state index contributed by atoms with van der Waals surface area (Å²) in [7, 11) is 1.58. The first-order valence-corrected chi connectivity index (χ1v) is 5.68. The number of carbonyl (C=O) groups excluding carboxylic acids is 1. The van der Waals surface area contributed by atoms with E-state index >= 15 is 0 Å². The molecule has 0 aliphatic carbocycles. The van der Waals surface area contributed by atoms with Crippen LogP contribution in [0, 0.1) is 0 Å². The number of rotatable bonds is 6. The van der Waals surface area contributed by atoms with Crippen molar-refractivity contribution in [3.8, 4) is 5.75 Å². The lowest BCUT2D eigenvalue weighted by atomic mass is 9.88. The summed E-state index contributed by atoms with van der Waals surface area (Å²) in [6.07, 6.45) is 0.145. The molecule has 2 atom stereocenters. The fourth-order valence-electron chi connectivity index (χ4n) is 1.85. The Hall–Kier alpha value is -1.55. The number of methoxy groups -OCH3 is 1. The van der Waals surface area contributed by atoms with Gasteiger partial charge >= 0.3 is 0 Å². The molecule has 94 valence electrons. The van der Waals surface area contributed by atoms with Crippen LogP contribution in [-0.2, 0) is 4.79 Å². The average Bonchev–Trinajstić information content (AvgIpc) is 2.35. The van der Waals surface area contributed by atoms with E-state index in [-0.39, 0.29) is 12.3 Å². The van der Waals surface area contributed by atoms with E-state index in [0.29, 0.717) is 12.2 Å². The number of aliphatic hydroxyl groups is 1. The van der Waals surface area contributed by atoms with Crippen molar-refractivity contribution in [3.05, 3.63) is 29.8 Å². The van der Waals surface area contributed by atoms with Crippen LogP contribution >= 0.6 is 0 Å². The fourth-order valence-corrected chi connectivity index (χ4v) is 1.85. The van der Waals surface area contributed by atoms with Crippen LogP contribution in [0.5, 0.6) is 5.75 Å². The highest BCUT2D eigenvalue weighted by Crippen LogP contribution is 2.27. The number of nitrogens with two attached hydrogens (primary N) is 1. The van der Waals surface area contributed by atoms with Gasteiger partial charge in [0.25, 0.3) is 0 Å². The van der Waals surface area contributed by atoms with Crippen LogP contribution in [0.1, 0.15) is 31.2 Å². The second-order valence-electron chi connectivity index (χ2n) is 4.03. The second kappa shape index (κ2) is 6.25. The topological polar surface area (TPSA) is 72.5 Å². The summed E-state index contributed by atoms with van der Waals surface area (Å²) in [4.78, 5) is 11.0. The molecule has 0 aromatic heterocycles. The van der Waals surface area contributed by atoms with Gasteiger partial charge in [-0.25, -0.2) is 0 Å². The molecule has 4 nitrogen and oxygen atoms in total. The molecular weight excluding hydrogens is 218 g/mol. The molecule has 1 aromatic carbocycles. The van der Waals surface area contributed by atoms with Crippen molar-refractivity contribution >= 4 is 5.91 Å². The maximum atomic E-state index is 11.0. The molecular formula is C13H19NO3. The Morgan fingerprint density at radius 1 is 1.53 bits per heavy atom. The van der Waals surface area contributed by atoms with E-state index in [4.69, 9.17) is 10.5 Å². The molecule has 0 fully saturated rings. The van der Waals surface area contributed by atoms with Crippen LogP contribution in [-0.4, -0.2) is 24.2 Å². The number of ether oxygens (including phenoxy) is 1. The highest BCUT2D eigenvalue weighted by molar-refractivity contribution is 5.75. The van der Waals surface area contributed by atoms with Gasteiger partial charge in [-0.15, -0.1) is 0 Å². The fraction of sp³-hybridized carbons (Fsp3) is 0.462. The quantitative estimate of drug-likeness (QED) is 0.786. The van der Waals surface area contributed by atoms with Crippen molar-refractivity contribution in [1.82, 2.24) is 0 Å². The Morgan fingerprint density at radius 3 is 2.76 bits per heavy atom. The Balaban J connectivity index is 2.98. The minimum absolute atomic E-state index is 0.141. The van der Waals surface area contributed by atoms with Gasteiger partial charge in [0.15, 0.2) is 0 Å². The summed E-state index contributed by atoms with van der Waals surface area (Å²) in [6.45, 7) is 1.87. The summed E-state index contributed by atoms with van der Waals surface area (Å²) < 4.78 is 5.13. The lowest BCUT2D eigenvalue weighted by Gasteiger charge is -2.21. The van der Waals surface area contributed by atoms with Crippen LogP contribution in [0.2, 0.25) is 0 Å². The zero-order valence-electron chi connectivity index (χ0n) is 10.2. The smallest absolute Gasteiger partial charge is 0.218 e. The SMILES string of the molecule is CC[C@H](O)[C@@H](CC(N)=O)c1cccc(OC)c1. The van der Waals surface area contributed by atoms with Crippen LogP contribution in [0.4, 0.5) is 0 Å². The van der Waals surface area contributed by atoms with Crippen molar-refractivity contribution in [2.75, 3.05) is 7.11 Å². The molecule has 17 heavy (non-hydrogen) atoms. The molecule has 0 radical (unpaired) electrons. The summed E-state index contributed by atoms with van der Waals surface area (Å²) >= 11 is 0. The number of hydrogen-bond donors (Lipinski definition) is 2. The molecule has 4 heteroatoms. The zero-order valence-corrected chi connectivity index (χ0v) is 10.2. The first-order chi connectivity index (χ1) is 8.08. The molecule has 0 saturated carbocycles. The standard InChI is InChI=1S/C13H19NO3/c1-3-12(15)11(8-13(14)16)9-5-4-6-10(7-9)17-2/h4-7,11-12,15H,3,8H2,1-2H3,(H2,14,16)/t11-,12-/m0/s1. The van der Waals surface area contributed by atoms with E-state index in [2.05, 4.69) is 0 Å². The van der Waals surface area contributed by atoms with Gasteiger partial charge < -0.3 is 15.6 Å². The van der Waals surface area contributed by atoms with E-state index in [1.54, 1.807) is 7.11 Å². The Kier molecular flexibility index (Phi) is 4.97. The van der Waals surface area contributed by atoms with Gasteiger partial charge in [-0.1, -0.05) is 19.1 Å². The first-order valence-electron chi connectivity index (χ1n) is 5.68. The molecule has 0 heterocycles. The van der Waals surface area contributed by atoms with Crippen LogP contribution in [0.15, 0.2) is 24.3 Å². The number of benzene rings is 1. The summed E-state index contributed by atoms with van der Waals surface area (Å²) in [5.41, 5.74) is 6.09. The molecule has 0 aliphatic heterocycles. The van der Waals surface area contributed by atoms with Crippen molar-refractivity contribution in [3.63, 3.8) is 0 Å². The molecule has 0 aliphatic rings. The third kappa shape index (κ3) is 3.75. The zero-order chi connectivity index (χ0) is 12.8. The highest BCUT2D eigenvalue weighted by Gasteiger charge is 2.22. The maximum Gasteiger partial charge on any atom is 0.218 e. The lowest BCUT2D eigenvalue weighted by molar-refractivity contribution is -0.119. The van der Waals surface area contributed by atoms with Crippen molar-refractivity contribution < 1.29 is 14.6 Å². The number of aliphatic hydroxyl groups excluding tert-OH is 1. The predicted octanol–water partition coefficient (Wildman–Crippen LogP) is 1.43. The van der Waals surface area contributed by atoms with Crippen molar-refractivity contribution in [2.45, 2.75) is 31.8 Å². The average molecular weight is 237 g/mol. The van der Waals surface area contributed by atoms with E-state index < -0.39 is 12.0 Å². The van der Waals surface area contributed by atoms with E-state index in [1.165, 1.54) is 0 Å². The summed E-state index contributed by atoms with van der Waals surface area (Å²) in [5.74, 6) is 0.0261. The number of hydrogen-bond acceptors (Lipinski definition) is 3. The maximum absolute atomic E-state index is 11.0. The predicted molar refractivity (Wildman–Crippen MR) is 65.8 cm³/mol. The monoisotopic (exact) mass is 237 g/mol. The number of primary amides is 1. The molecule has 1 rings (SSSR count). The van der Waals surface area contributed by atoms with Crippen LogP contribution in [0.3, 0.4) is 0 Å². The van der Waals surface area contributed by atoms with Crippen LogP contribution in [0.25, 0.3) is 0 Å². The van der Waals surface area contributed by atoms with Crippen molar-refractivity contribution in [2.24, 2.45) is 5.73 Å². The van der Waals surface area contributed by atoms with Gasteiger partial charge in [0.2, 0.25) is 5.91 Å².